The van der Waals surface area contributed by atoms with Crippen molar-refractivity contribution in [2.24, 2.45) is 0 Å². The summed E-state index contributed by atoms with van der Waals surface area (Å²) >= 11 is 0. The van der Waals surface area contributed by atoms with Gasteiger partial charge >= 0.3 is 12.1 Å². The number of hydrogen-bond acceptors (Lipinski definition) is 10. The lowest BCUT2D eigenvalue weighted by Gasteiger charge is -2.14. The van der Waals surface area contributed by atoms with Crippen molar-refractivity contribution in [3.63, 3.8) is 0 Å². The minimum atomic E-state index is -1.15. The lowest BCUT2D eigenvalue weighted by atomic mass is 10.4. The van der Waals surface area contributed by atoms with Gasteiger partial charge in [0.05, 0.1) is 39.1 Å². The zero-order valence-electron chi connectivity index (χ0n) is 16.7. The van der Waals surface area contributed by atoms with Gasteiger partial charge in [0.2, 0.25) is 0 Å². The van der Waals surface area contributed by atoms with Gasteiger partial charge in [-0.1, -0.05) is 11.6 Å². The fraction of sp³-hybridized carbons (Fsp3) is 0.667. The summed E-state index contributed by atoms with van der Waals surface area (Å²) in [5.74, 6) is -1.61. The van der Waals surface area contributed by atoms with Gasteiger partial charge in [0.15, 0.2) is 0 Å². The van der Waals surface area contributed by atoms with E-state index < -0.39 is 23.9 Å². The Morgan fingerprint density at radius 1 is 0.966 bits per heavy atom. The second-order valence-corrected chi connectivity index (χ2v) is 6.06. The third-order valence-electron chi connectivity index (χ3n) is 3.41. The Bertz CT molecular complexity index is 575. The second kappa shape index (κ2) is 13.6. The van der Waals surface area contributed by atoms with Crippen molar-refractivity contribution in [1.29, 1.82) is 0 Å². The van der Waals surface area contributed by atoms with E-state index in [-0.39, 0.29) is 52.0 Å². The summed E-state index contributed by atoms with van der Waals surface area (Å²) < 4.78 is 25.6. The van der Waals surface area contributed by atoms with E-state index in [1.165, 1.54) is 0 Å². The molecule has 2 amide bonds. The van der Waals surface area contributed by atoms with Crippen LogP contribution in [0.15, 0.2) is 12.2 Å². The molecule has 164 valence electrons. The second-order valence-electron chi connectivity index (χ2n) is 6.06. The van der Waals surface area contributed by atoms with Gasteiger partial charge in [-0.3, -0.25) is 14.4 Å². The van der Waals surface area contributed by atoms with Gasteiger partial charge in [0.1, 0.15) is 13.2 Å². The van der Waals surface area contributed by atoms with E-state index >= 15 is 0 Å². The molecule has 0 aromatic carbocycles. The van der Waals surface area contributed by atoms with E-state index in [1.807, 2.05) is 0 Å². The summed E-state index contributed by atoms with van der Waals surface area (Å²) in [7, 11) is 0. The van der Waals surface area contributed by atoms with Crippen LogP contribution < -0.4 is 0 Å². The SMILES string of the molecule is C=C(C)C(=O)OCCOCCOC(C)COCCOC(=O)ON1C(=O)CCC1=O. The summed E-state index contributed by atoms with van der Waals surface area (Å²) in [4.78, 5) is 49.6. The molecule has 1 fully saturated rings. The smallest absolute Gasteiger partial charge is 0.460 e. The lowest BCUT2D eigenvalue weighted by molar-refractivity contribution is -0.177. The monoisotopic (exact) mass is 417 g/mol. The molecule has 1 unspecified atom stereocenters. The molecule has 0 aromatic heterocycles. The molecule has 11 heteroatoms. The maximum Gasteiger partial charge on any atom is 0.534 e. The molecular weight excluding hydrogens is 390 g/mol. The minimum absolute atomic E-state index is 0.0145. The standard InChI is InChI=1S/C18H27NO10/c1-13(2)17(22)27-10-7-24-6-9-26-14(3)12-25-8-11-28-18(23)29-19-15(20)4-5-16(19)21/h14H,1,4-12H2,2-3H3. The Morgan fingerprint density at radius 2 is 1.55 bits per heavy atom. The van der Waals surface area contributed by atoms with Gasteiger partial charge in [-0.15, -0.1) is 0 Å². The third-order valence-corrected chi connectivity index (χ3v) is 3.41. The van der Waals surface area contributed by atoms with Crippen LogP contribution in [-0.2, 0) is 42.9 Å². The fourth-order valence-corrected chi connectivity index (χ4v) is 1.97. The summed E-state index contributed by atoms with van der Waals surface area (Å²) in [6.45, 7) is 8.16. The Morgan fingerprint density at radius 3 is 2.21 bits per heavy atom. The summed E-state index contributed by atoms with van der Waals surface area (Å²) in [6.07, 6.45) is -1.33. The van der Waals surface area contributed by atoms with Crippen molar-refractivity contribution in [3.05, 3.63) is 12.2 Å². The highest BCUT2D eigenvalue weighted by Gasteiger charge is 2.33. The molecule has 0 radical (unpaired) electrons. The van der Waals surface area contributed by atoms with Gasteiger partial charge in [-0.05, 0) is 13.8 Å². The van der Waals surface area contributed by atoms with Crippen molar-refractivity contribution in [3.8, 4) is 0 Å². The molecule has 0 spiro atoms. The van der Waals surface area contributed by atoms with E-state index in [4.69, 9.17) is 23.7 Å². The van der Waals surface area contributed by atoms with Crippen molar-refractivity contribution in [2.75, 3.05) is 46.2 Å². The number of hydrogen-bond donors (Lipinski definition) is 0. The van der Waals surface area contributed by atoms with Crippen LogP contribution in [0.25, 0.3) is 0 Å². The molecule has 1 aliphatic rings. The average Bonchev–Trinajstić information content (AvgIpc) is 2.98. The van der Waals surface area contributed by atoms with Crippen molar-refractivity contribution in [2.45, 2.75) is 32.8 Å². The third kappa shape index (κ3) is 10.6. The quantitative estimate of drug-likeness (QED) is 0.173. The number of hydroxylamine groups is 2. The zero-order valence-corrected chi connectivity index (χ0v) is 16.7. The van der Waals surface area contributed by atoms with E-state index in [0.717, 1.165) is 0 Å². The largest absolute Gasteiger partial charge is 0.534 e. The average molecular weight is 417 g/mol. The Balaban J connectivity index is 1.93. The van der Waals surface area contributed by atoms with Crippen molar-refractivity contribution < 1.29 is 47.7 Å². The number of ether oxygens (including phenoxy) is 5. The number of carbonyl (C=O) groups is 4. The number of amides is 2. The Kier molecular flexibility index (Phi) is 11.5. The summed E-state index contributed by atoms with van der Waals surface area (Å²) in [6, 6.07) is 0. The molecule has 1 rings (SSSR count). The van der Waals surface area contributed by atoms with Crippen LogP contribution in [0.4, 0.5) is 4.79 Å². The van der Waals surface area contributed by atoms with E-state index in [1.54, 1.807) is 13.8 Å². The van der Waals surface area contributed by atoms with Crippen LogP contribution in [-0.4, -0.2) is 81.4 Å². The zero-order chi connectivity index (χ0) is 21.6. The van der Waals surface area contributed by atoms with Crippen LogP contribution in [0.2, 0.25) is 0 Å². The normalized spacial score (nSPS) is 14.6. The predicted octanol–water partition coefficient (Wildman–Crippen LogP) is 0.761. The molecule has 11 nitrogen and oxygen atoms in total. The molecule has 29 heavy (non-hydrogen) atoms. The van der Waals surface area contributed by atoms with Gasteiger partial charge in [0, 0.05) is 18.4 Å². The van der Waals surface area contributed by atoms with Crippen LogP contribution in [0.5, 0.6) is 0 Å². The first-order valence-electron chi connectivity index (χ1n) is 9.11. The van der Waals surface area contributed by atoms with Gasteiger partial charge in [-0.2, -0.15) is 0 Å². The molecule has 1 atom stereocenters. The highest BCUT2D eigenvalue weighted by atomic mass is 16.8. The molecule has 1 heterocycles. The topological polar surface area (TPSA) is 127 Å². The fourth-order valence-electron chi connectivity index (χ4n) is 1.97. The van der Waals surface area contributed by atoms with Crippen LogP contribution in [0.3, 0.4) is 0 Å². The first-order valence-corrected chi connectivity index (χ1v) is 9.11. The lowest BCUT2D eigenvalue weighted by Crippen LogP contribution is -2.32. The number of imide groups is 1. The Hall–Kier alpha value is -2.50. The number of nitrogens with zero attached hydrogens (tertiary/aromatic N) is 1. The summed E-state index contributed by atoms with van der Waals surface area (Å²) in [5.41, 5.74) is 0.334. The van der Waals surface area contributed by atoms with Gasteiger partial charge in [0.25, 0.3) is 11.8 Å². The molecule has 1 aliphatic heterocycles. The number of rotatable bonds is 14. The van der Waals surface area contributed by atoms with Crippen LogP contribution in [0.1, 0.15) is 26.7 Å². The first-order chi connectivity index (χ1) is 13.8. The van der Waals surface area contributed by atoms with E-state index in [2.05, 4.69) is 11.4 Å². The first kappa shape index (κ1) is 24.5. The molecule has 0 aromatic rings. The van der Waals surface area contributed by atoms with Crippen molar-refractivity contribution >= 4 is 23.9 Å². The maximum atomic E-state index is 11.4. The molecular formula is C18H27NO10. The van der Waals surface area contributed by atoms with Crippen molar-refractivity contribution in [1.82, 2.24) is 5.06 Å². The molecule has 0 saturated carbocycles. The highest BCUT2D eigenvalue weighted by Crippen LogP contribution is 2.12. The molecule has 1 saturated heterocycles. The van der Waals surface area contributed by atoms with Gasteiger partial charge in [-0.25, -0.2) is 9.59 Å². The Labute approximate surface area is 168 Å². The highest BCUT2D eigenvalue weighted by molar-refractivity contribution is 6.01. The van der Waals surface area contributed by atoms with Crippen LogP contribution in [0, 0.1) is 0 Å². The molecule has 0 N–H and O–H groups in total. The number of esters is 1. The van der Waals surface area contributed by atoms with Crippen LogP contribution >= 0.6 is 0 Å². The predicted molar refractivity (Wildman–Crippen MR) is 96.3 cm³/mol. The van der Waals surface area contributed by atoms with E-state index in [9.17, 15) is 19.2 Å². The summed E-state index contributed by atoms with van der Waals surface area (Å²) in [5, 5.41) is 0.408. The molecule has 0 aliphatic carbocycles. The molecule has 0 bridgehead atoms. The number of carbonyl (C=O) groups excluding carboxylic acids is 4. The maximum absolute atomic E-state index is 11.4. The minimum Gasteiger partial charge on any atom is -0.460 e. The van der Waals surface area contributed by atoms with E-state index in [0.29, 0.717) is 23.9 Å². The van der Waals surface area contributed by atoms with Gasteiger partial charge < -0.3 is 23.7 Å².